The van der Waals surface area contributed by atoms with Gasteiger partial charge in [-0.1, -0.05) is 32.4 Å². The minimum atomic E-state index is -1.22. The van der Waals surface area contributed by atoms with E-state index in [0.717, 1.165) is 5.57 Å². The summed E-state index contributed by atoms with van der Waals surface area (Å²) in [6.07, 6.45) is 0.879. The summed E-state index contributed by atoms with van der Waals surface area (Å²) < 4.78 is 19.8. The highest BCUT2D eigenvalue weighted by Gasteiger charge is 2.57. The summed E-state index contributed by atoms with van der Waals surface area (Å²) in [4.78, 5) is 27.6. The van der Waals surface area contributed by atoms with E-state index in [2.05, 4.69) is 0 Å². The van der Waals surface area contributed by atoms with Crippen LogP contribution in [0.15, 0.2) is 29.2 Å². The molecule has 160 valence electrons. The number of nitrogens with zero attached hydrogens (tertiary/aromatic N) is 1. The molecule has 2 N–H and O–H groups in total. The van der Waals surface area contributed by atoms with Crippen molar-refractivity contribution in [2.75, 3.05) is 6.54 Å². The van der Waals surface area contributed by atoms with Crippen molar-refractivity contribution in [3.63, 3.8) is 0 Å². The number of imide groups is 1. The number of fused-ring (bicyclic) bond motifs is 3. The van der Waals surface area contributed by atoms with Gasteiger partial charge in [-0.3, -0.25) is 14.5 Å². The second kappa shape index (κ2) is 7.82. The standard InChI is InChI=1S/C22H27BFNO5/c1-4-7-25-21(27)15-9-13(11(2)3)20-14(19(15)22(25)28)10-18(30-23(20)29)12-5-6-17(26)16(24)8-12/h5-6,8,11,14-15,18-19,26,29H,4,7,9-10H2,1-3H3/t14-,15-,18-,19+/m0/s1. The van der Waals surface area contributed by atoms with Gasteiger partial charge in [-0.05, 0) is 54.3 Å². The SMILES string of the molecule is CCCN1C(=O)[C@H]2[C@H](CC(C(C)C)=C3B(O)O[C@H](c4ccc(O)c(F)c4)C[C@H]32)C1=O. The van der Waals surface area contributed by atoms with E-state index in [1.807, 2.05) is 20.8 Å². The highest BCUT2D eigenvalue weighted by molar-refractivity contribution is 6.53. The monoisotopic (exact) mass is 415 g/mol. The molecule has 8 heteroatoms. The van der Waals surface area contributed by atoms with Crippen LogP contribution in [0, 0.1) is 29.5 Å². The van der Waals surface area contributed by atoms with Crippen LogP contribution in [0.1, 0.15) is 51.7 Å². The lowest BCUT2D eigenvalue weighted by atomic mass is 9.54. The molecule has 0 saturated carbocycles. The number of aromatic hydroxyl groups is 1. The molecule has 4 atom stereocenters. The van der Waals surface area contributed by atoms with E-state index >= 15 is 0 Å². The number of hydrogen-bond donors (Lipinski definition) is 2. The molecule has 0 aromatic heterocycles. The number of allylic oxidation sites excluding steroid dienone is 2. The number of carbonyl (C=O) groups is 2. The lowest BCUT2D eigenvalue weighted by Gasteiger charge is -2.43. The molecular weight excluding hydrogens is 388 g/mol. The molecule has 3 aliphatic rings. The third kappa shape index (κ3) is 3.26. The molecule has 0 spiro atoms. The van der Waals surface area contributed by atoms with Crippen molar-refractivity contribution >= 4 is 18.9 Å². The van der Waals surface area contributed by atoms with Crippen molar-refractivity contribution in [1.82, 2.24) is 4.90 Å². The number of amides is 2. The van der Waals surface area contributed by atoms with Crippen molar-refractivity contribution in [2.45, 2.75) is 46.1 Å². The second-order valence-corrected chi connectivity index (χ2v) is 8.83. The fourth-order valence-electron chi connectivity index (χ4n) is 5.35. The van der Waals surface area contributed by atoms with Crippen molar-refractivity contribution in [2.24, 2.45) is 23.7 Å². The van der Waals surface area contributed by atoms with E-state index in [4.69, 9.17) is 4.65 Å². The number of phenolic OH excluding ortho intramolecular Hbond substituents is 1. The smallest absolute Gasteiger partial charge is 0.487 e. The number of phenols is 1. The van der Waals surface area contributed by atoms with Crippen LogP contribution in [0.5, 0.6) is 5.75 Å². The Morgan fingerprint density at radius 2 is 2.00 bits per heavy atom. The Morgan fingerprint density at radius 3 is 2.63 bits per heavy atom. The van der Waals surface area contributed by atoms with Crippen molar-refractivity contribution in [3.8, 4) is 5.75 Å². The minimum absolute atomic E-state index is 0.104. The van der Waals surface area contributed by atoms with Crippen LogP contribution in [0.3, 0.4) is 0 Å². The zero-order valence-corrected chi connectivity index (χ0v) is 17.5. The Kier molecular flexibility index (Phi) is 5.49. The molecule has 2 fully saturated rings. The minimum Gasteiger partial charge on any atom is -0.505 e. The highest BCUT2D eigenvalue weighted by atomic mass is 19.1. The summed E-state index contributed by atoms with van der Waals surface area (Å²) in [5.74, 6) is -2.71. The van der Waals surface area contributed by atoms with Crippen molar-refractivity contribution in [1.29, 1.82) is 0 Å². The molecule has 1 aromatic rings. The van der Waals surface area contributed by atoms with E-state index in [0.29, 0.717) is 36.8 Å². The Morgan fingerprint density at radius 1 is 1.27 bits per heavy atom. The topological polar surface area (TPSA) is 87.1 Å². The van der Waals surface area contributed by atoms with E-state index in [1.165, 1.54) is 17.0 Å². The zero-order chi connectivity index (χ0) is 21.7. The lowest BCUT2D eigenvalue weighted by molar-refractivity contribution is -0.140. The van der Waals surface area contributed by atoms with E-state index < -0.39 is 36.6 Å². The predicted molar refractivity (Wildman–Crippen MR) is 108 cm³/mol. The van der Waals surface area contributed by atoms with Crippen molar-refractivity contribution < 1.29 is 28.8 Å². The maximum absolute atomic E-state index is 13.9. The van der Waals surface area contributed by atoms with Crippen molar-refractivity contribution in [3.05, 3.63) is 40.6 Å². The first-order valence-electron chi connectivity index (χ1n) is 10.6. The van der Waals surface area contributed by atoms with E-state index in [9.17, 15) is 24.1 Å². The van der Waals surface area contributed by atoms with Gasteiger partial charge < -0.3 is 14.8 Å². The lowest BCUT2D eigenvalue weighted by Crippen LogP contribution is -2.45. The maximum Gasteiger partial charge on any atom is 0.487 e. The zero-order valence-electron chi connectivity index (χ0n) is 17.5. The molecule has 30 heavy (non-hydrogen) atoms. The van der Waals surface area contributed by atoms with Gasteiger partial charge in [-0.25, -0.2) is 4.39 Å². The van der Waals surface area contributed by atoms with Gasteiger partial charge >= 0.3 is 7.12 Å². The predicted octanol–water partition coefficient (Wildman–Crippen LogP) is 3.00. The Labute approximate surface area is 175 Å². The maximum atomic E-state index is 13.9. The normalized spacial score (nSPS) is 29.0. The highest BCUT2D eigenvalue weighted by Crippen LogP contribution is 2.52. The van der Waals surface area contributed by atoms with Gasteiger partial charge in [0.05, 0.1) is 17.9 Å². The molecule has 4 rings (SSSR count). The first-order chi connectivity index (χ1) is 14.2. The Bertz CT molecular complexity index is 917. The first-order valence-corrected chi connectivity index (χ1v) is 10.6. The van der Waals surface area contributed by atoms with Crippen LogP contribution in [0.2, 0.25) is 0 Å². The van der Waals surface area contributed by atoms with Crippen LogP contribution in [0.4, 0.5) is 4.39 Å². The first kappa shape index (κ1) is 21.1. The van der Waals surface area contributed by atoms with Gasteiger partial charge in [0.25, 0.3) is 0 Å². The van der Waals surface area contributed by atoms with Gasteiger partial charge in [0.15, 0.2) is 11.6 Å². The van der Waals surface area contributed by atoms with Crippen LogP contribution in [0.25, 0.3) is 0 Å². The molecule has 2 saturated heterocycles. The summed E-state index contributed by atoms with van der Waals surface area (Å²) in [5.41, 5.74) is 2.17. The Hall–Kier alpha value is -2.19. The molecule has 6 nitrogen and oxygen atoms in total. The molecule has 2 aliphatic heterocycles. The number of carbonyl (C=O) groups excluding carboxylic acids is 2. The number of rotatable bonds is 4. The molecule has 0 bridgehead atoms. The van der Waals surface area contributed by atoms with Crippen LogP contribution < -0.4 is 0 Å². The summed E-state index contributed by atoms with van der Waals surface area (Å²) in [6.45, 7) is 6.35. The fraction of sp³-hybridized carbons (Fsp3) is 0.545. The summed E-state index contributed by atoms with van der Waals surface area (Å²) in [6, 6.07) is 4.00. The molecule has 1 aliphatic carbocycles. The summed E-state index contributed by atoms with van der Waals surface area (Å²) in [7, 11) is -1.22. The third-order valence-electron chi connectivity index (χ3n) is 6.73. The number of hydrogen-bond acceptors (Lipinski definition) is 5. The van der Waals surface area contributed by atoms with Gasteiger partial charge in [0, 0.05) is 6.54 Å². The van der Waals surface area contributed by atoms with Crippen LogP contribution >= 0.6 is 0 Å². The number of benzene rings is 1. The average Bonchev–Trinajstić information content (AvgIpc) is 2.94. The molecular formula is C22H27BFNO5. The molecule has 1 aromatic carbocycles. The van der Waals surface area contributed by atoms with Gasteiger partial charge in [0.2, 0.25) is 11.8 Å². The molecule has 0 radical (unpaired) electrons. The molecule has 0 unspecified atom stereocenters. The Balaban J connectivity index is 1.75. The molecule has 2 amide bonds. The molecule has 2 heterocycles. The van der Waals surface area contributed by atoms with E-state index in [-0.39, 0.29) is 23.7 Å². The number of likely N-dealkylation sites (tertiary alicyclic amines) is 1. The average molecular weight is 415 g/mol. The quantitative estimate of drug-likeness (QED) is 0.583. The fourth-order valence-corrected chi connectivity index (χ4v) is 5.35. The van der Waals surface area contributed by atoms with E-state index in [1.54, 1.807) is 6.07 Å². The summed E-state index contributed by atoms with van der Waals surface area (Å²) >= 11 is 0. The van der Waals surface area contributed by atoms with Gasteiger partial charge in [-0.2, -0.15) is 0 Å². The largest absolute Gasteiger partial charge is 0.505 e. The van der Waals surface area contributed by atoms with Gasteiger partial charge in [0.1, 0.15) is 0 Å². The third-order valence-corrected chi connectivity index (χ3v) is 6.73. The second-order valence-electron chi connectivity index (χ2n) is 8.83. The van der Waals surface area contributed by atoms with Gasteiger partial charge in [-0.15, -0.1) is 0 Å². The van der Waals surface area contributed by atoms with Crippen LogP contribution in [-0.4, -0.2) is 40.5 Å². The van der Waals surface area contributed by atoms with Crippen LogP contribution in [-0.2, 0) is 14.2 Å². The summed E-state index contributed by atoms with van der Waals surface area (Å²) in [5, 5.41) is 20.4. The number of halogens is 1.